The average molecular weight is 180 g/mol. The van der Waals surface area contributed by atoms with E-state index < -0.39 is 0 Å². The molecule has 0 radical (unpaired) electrons. The summed E-state index contributed by atoms with van der Waals surface area (Å²) < 4.78 is 10.4. The van der Waals surface area contributed by atoms with Crippen LogP contribution in [-0.2, 0) is 4.74 Å². The quantitative estimate of drug-likeness (QED) is 0.662. The van der Waals surface area contributed by atoms with Crippen LogP contribution in [0.5, 0.6) is 5.75 Å². The molecule has 2 heteroatoms. The van der Waals surface area contributed by atoms with Gasteiger partial charge in [0.1, 0.15) is 12.4 Å². The molecular weight excluding hydrogens is 164 g/mol. The van der Waals surface area contributed by atoms with Gasteiger partial charge < -0.3 is 9.47 Å². The van der Waals surface area contributed by atoms with E-state index in [0.717, 1.165) is 5.75 Å². The summed E-state index contributed by atoms with van der Waals surface area (Å²) in [6, 6.07) is 6.20. The summed E-state index contributed by atoms with van der Waals surface area (Å²) in [6.45, 7) is 5.35. The van der Waals surface area contributed by atoms with Gasteiger partial charge in [-0.25, -0.2) is 0 Å². The summed E-state index contributed by atoms with van der Waals surface area (Å²) in [6.07, 6.45) is 0. The van der Waals surface area contributed by atoms with Crippen molar-refractivity contribution in [1.29, 1.82) is 0 Å². The third-order valence-corrected chi connectivity index (χ3v) is 1.89. The van der Waals surface area contributed by atoms with Gasteiger partial charge in [-0.2, -0.15) is 0 Å². The molecule has 0 atom stereocenters. The second-order valence-electron chi connectivity index (χ2n) is 3.11. The van der Waals surface area contributed by atoms with Gasteiger partial charge >= 0.3 is 0 Å². The Morgan fingerprint density at radius 3 is 2.62 bits per heavy atom. The third kappa shape index (κ3) is 3.07. The second kappa shape index (κ2) is 4.87. The van der Waals surface area contributed by atoms with Crippen molar-refractivity contribution in [2.24, 2.45) is 0 Å². The molecule has 1 aromatic rings. The van der Waals surface area contributed by atoms with Gasteiger partial charge in [0, 0.05) is 7.11 Å². The largest absolute Gasteiger partial charge is 0.491 e. The zero-order valence-electron chi connectivity index (χ0n) is 8.46. The summed E-state index contributed by atoms with van der Waals surface area (Å²) >= 11 is 0. The smallest absolute Gasteiger partial charge is 0.122 e. The van der Waals surface area contributed by atoms with E-state index in [2.05, 4.69) is 19.1 Å². The van der Waals surface area contributed by atoms with Gasteiger partial charge in [0.05, 0.1) is 6.61 Å². The standard InChI is InChI=1S/C11H16O2/c1-9-4-5-10(2)11(8-9)13-7-6-12-3/h4-5,8H,6-7H2,1-3H3. The van der Waals surface area contributed by atoms with Crippen molar-refractivity contribution < 1.29 is 9.47 Å². The fourth-order valence-corrected chi connectivity index (χ4v) is 1.10. The Morgan fingerprint density at radius 2 is 1.92 bits per heavy atom. The van der Waals surface area contributed by atoms with Crippen molar-refractivity contribution in [2.75, 3.05) is 20.3 Å². The Balaban J connectivity index is 2.59. The van der Waals surface area contributed by atoms with Gasteiger partial charge in [0.25, 0.3) is 0 Å². The molecule has 0 heterocycles. The highest BCUT2D eigenvalue weighted by atomic mass is 16.5. The average Bonchev–Trinajstić information content (AvgIpc) is 2.11. The highest BCUT2D eigenvalue weighted by Crippen LogP contribution is 2.18. The molecule has 0 aliphatic heterocycles. The summed E-state index contributed by atoms with van der Waals surface area (Å²) in [4.78, 5) is 0. The molecule has 72 valence electrons. The van der Waals surface area contributed by atoms with E-state index in [-0.39, 0.29) is 0 Å². The Labute approximate surface area is 79.5 Å². The molecule has 1 rings (SSSR count). The van der Waals surface area contributed by atoms with Crippen LogP contribution < -0.4 is 4.74 Å². The van der Waals surface area contributed by atoms with Crippen molar-refractivity contribution in [1.82, 2.24) is 0 Å². The van der Waals surface area contributed by atoms with Crippen molar-refractivity contribution >= 4 is 0 Å². The minimum atomic E-state index is 0.612. The number of hydrogen-bond donors (Lipinski definition) is 0. The van der Waals surface area contributed by atoms with Crippen LogP contribution in [0.2, 0.25) is 0 Å². The monoisotopic (exact) mass is 180 g/mol. The first-order chi connectivity index (χ1) is 6.24. The van der Waals surface area contributed by atoms with Crippen molar-refractivity contribution in [3.63, 3.8) is 0 Å². The SMILES string of the molecule is COCCOc1cc(C)ccc1C. The fraction of sp³-hybridized carbons (Fsp3) is 0.455. The molecule has 0 aromatic heterocycles. The fourth-order valence-electron chi connectivity index (χ4n) is 1.10. The number of methoxy groups -OCH3 is 1. The predicted molar refractivity (Wildman–Crippen MR) is 53.3 cm³/mol. The summed E-state index contributed by atoms with van der Waals surface area (Å²) in [5.74, 6) is 0.956. The van der Waals surface area contributed by atoms with Crippen LogP contribution in [0.25, 0.3) is 0 Å². The molecule has 0 bridgehead atoms. The number of aryl methyl sites for hydroxylation is 2. The summed E-state index contributed by atoms with van der Waals surface area (Å²) in [5, 5.41) is 0. The van der Waals surface area contributed by atoms with Crippen LogP contribution in [0.15, 0.2) is 18.2 Å². The van der Waals surface area contributed by atoms with E-state index >= 15 is 0 Å². The Kier molecular flexibility index (Phi) is 3.77. The van der Waals surface area contributed by atoms with E-state index in [1.54, 1.807) is 7.11 Å². The topological polar surface area (TPSA) is 18.5 Å². The van der Waals surface area contributed by atoms with Gasteiger partial charge in [0.15, 0.2) is 0 Å². The van der Waals surface area contributed by atoms with Gasteiger partial charge in [-0.05, 0) is 31.0 Å². The van der Waals surface area contributed by atoms with Crippen molar-refractivity contribution in [3.05, 3.63) is 29.3 Å². The molecule has 0 fully saturated rings. The van der Waals surface area contributed by atoms with E-state index in [0.29, 0.717) is 13.2 Å². The third-order valence-electron chi connectivity index (χ3n) is 1.89. The molecule has 0 saturated carbocycles. The second-order valence-corrected chi connectivity index (χ2v) is 3.11. The predicted octanol–water partition coefficient (Wildman–Crippen LogP) is 2.33. The van der Waals surface area contributed by atoms with Crippen LogP contribution >= 0.6 is 0 Å². The minimum Gasteiger partial charge on any atom is -0.491 e. The molecule has 0 aliphatic carbocycles. The van der Waals surface area contributed by atoms with Gasteiger partial charge in [0.2, 0.25) is 0 Å². The highest BCUT2D eigenvalue weighted by Gasteiger charge is 1.98. The molecular formula is C11H16O2. The van der Waals surface area contributed by atoms with Crippen LogP contribution in [0.1, 0.15) is 11.1 Å². The first kappa shape index (κ1) is 10.1. The lowest BCUT2D eigenvalue weighted by Crippen LogP contribution is -2.05. The maximum atomic E-state index is 5.53. The zero-order valence-corrected chi connectivity index (χ0v) is 8.46. The van der Waals surface area contributed by atoms with E-state index in [1.165, 1.54) is 11.1 Å². The van der Waals surface area contributed by atoms with E-state index in [4.69, 9.17) is 9.47 Å². The molecule has 0 amide bonds. The maximum Gasteiger partial charge on any atom is 0.122 e. The van der Waals surface area contributed by atoms with E-state index in [9.17, 15) is 0 Å². The van der Waals surface area contributed by atoms with Gasteiger partial charge in [-0.15, -0.1) is 0 Å². The lowest BCUT2D eigenvalue weighted by Gasteiger charge is -2.08. The summed E-state index contributed by atoms with van der Waals surface area (Å²) in [5.41, 5.74) is 2.39. The van der Waals surface area contributed by atoms with Crippen LogP contribution in [0.4, 0.5) is 0 Å². The molecule has 2 nitrogen and oxygen atoms in total. The van der Waals surface area contributed by atoms with Crippen LogP contribution in [0, 0.1) is 13.8 Å². The van der Waals surface area contributed by atoms with Gasteiger partial charge in [-0.1, -0.05) is 12.1 Å². The first-order valence-corrected chi connectivity index (χ1v) is 4.43. The molecule has 13 heavy (non-hydrogen) atoms. The molecule has 0 spiro atoms. The van der Waals surface area contributed by atoms with E-state index in [1.807, 2.05) is 13.0 Å². The lowest BCUT2D eigenvalue weighted by molar-refractivity contribution is 0.146. The van der Waals surface area contributed by atoms with Crippen LogP contribution in [0.3, 0.4) is 0 Å². The maximum absolute atomic E-state index is 5.53. The van der Waals surface area contributed by atoms with Crippen LogP contribution in [-0.4, -0.2) is 20.3 Å². The molecule has 0 N–H and O–H groups in total. The molecule has 0 aliphatic rings. The normalized spacial score (nSPS) is 10.1. The molecule has 1 aromatic carbocycles. The zero-order chi connectivity index (χ0) is 9.68. The van der Waals surface area contributed by atoms with Gasteiger partial charge in [-0.3, -0.25) is 0 Å². The first-order valence-electron chi connectivity index (χ1n) is 4.43. The minimum absolute atomic E-state index is 0.612. The molecule has 0 unspecified atom stereocenters. The Morgan fingerprint density at radius 1 is 1.15 bits per heavy atom. The Hall–Kier alpha value is -1.02. The number of benzene rings is 1. The number of ether oxygens (including phenoxy) is 2. The highest BCUT2D eigenvalue weighted by molar-refractivity contribution is 5.35. The van der Waals surface area contributed by atoms with Crippen molar-refractivity contribution in [2.45, 2.75) is 13.8 Å². The Bertz CT molecular complexity index is 269. The number of rotatable bonds is 4. The summed E-state index contributed by atoms with van der Waals surface area (Å²) in [7, 11) is 1.67. The molecule has 0 saturated heterocycles. The lowest BCUT2D eigenvalue weighted by atomic mass is 10.1. The number of hydrogen-bond acceptors (Lipinski definition) is 2. The van der Waals surface area contributed by atoms with Crippen molar-refractivity contribution in [3.8, 4) is 5.75 Å².